The molecule has 3 bridgehead atoms. The van der Waals surface area contributed by atoms with E-state index in [1.807, 2.05) is 6.33 Å². The molecule has 1 N–H and O–H groups in total. The molecular weight excluding hydrogens is 492 g/mol. The third-order valence-electron chi connectivity index (χ3n) is 10.7. The Kier molecular flexibility index (Phi) is 4.71. The van der Waals surface area contributed by atoms with Crippen LogP contribution in [0, 0.1) is 0 Å². The van der Waals surface area contributed by atoms with Crippen LogP contribution in [0.15, 0.2) is 73.1 Å². The van der Waals surface area contributed by atoms with E-state index in [1.165, 1.54) is 49.5 Å². The number of nitrogens with zero attached hydrogens (tertiary/aromatic N) is 2. The fourth-order valence-electron chi connectivity index (χ4n) is 8.54. The van der Waals surface area contributed by atoms with Crippen LogP contribution < -0.4 is 4.57 Å². The van der Waals surface area contributed by atoms with Crippen molar-refractivity contribution in [3.63, 3.8) is 0 Å². The molecule has 0 radical (unpaired) electrons. The summed E-state index contributed by atoms with van der Waals surface area (Å²) in [7, 11) is 1.66. The molecule has 0 fully saturated rings. The number of methoxy groups -OCH3 is 1. The minimum Gasteiger partial charge on any atom is -0.358 e. The summed E-state index contributed by atoms with van der Waals surface area (Å²) in [5.74, 6) is -1.12. The summed E-state index contributed by atoms with van der Waals surface area (Å²) in [5, 5.41) is 17.6. The first-order valence-electron chi connectivity index (χ1n) is 14.6. The largest absolute Gasteiger partial charge is 0.358 e. The lowest BCUT2D eigenvalue weighted by Gasteiger charge is -2.50. The van der Waals surface area contributed by atoms with Gasteiger partial charge in [-0.15, -0.1) is 0 Å². The lowest BCUT2D eigenvalue weighted by molar-refractivity contribution is -0.792. The molecule has 3 atom stereocenters. The second-order valence-electron chi connectivity index (χ2n) is 12.6. The SMILES string of the molecule is CCC12CCC(C)c3cc(c(c4ccccc34)-c3c4c(nc[n+]31)-c1c(ccc3ccccc13)C4(C)C)C2(O)OC. The first-order valence-corrected chi connectivity index (χ1v) is 14.6. The first kappa shape index (κ1) is 24.2. The van der Waals surface area contributed by atoms with Gasteiger partial charge < -0.3 is 9.84 Å². The molecule has 3 aliphatic rings. The molecule has 3 unspecified atom stereocenters. The molecule has 5 aromatic rings. The maximum atomic E-state index is 12.7. The van der Waals surface area contributed by atoms with Gasteiger partial charge in [-0.05, 0) is 68.9 Å². The third-order valence-corrected chi connectivity index (χ3v) is 10.7. The quantitative estimate of drug-likeness (QED) is 0.191. The van der Waals surface area contributed by atoms with E-state index in [2.05, 4.69) is 99.0 Å². The van der Waals surface area contributed by atoms with E-state index in [1.54, 1.807) is 7.11 Å². The molecule has 0 spiro atoms. The van der Waals surface area contributed by atoms with Crippen molar-refractivity contribution in [3.05, 3.63) is 95.3 Å². The first-order chi connectivity index (χ1) is 19.3. The van der Waals surface area contributed by atoms with Crippen LogP contribution in [0.5, 0.6) is 0 Å². The van der Waals surface area contributed by atoms with Crippen molar-refractivity contribution >= 4 is 21.5 Å². The highest BCUT2D eigenvalue weighted by molar-refractivity contribution is 6.05. The maximum Gasteiger partial charge on any atom is 0.288 e. The van der Waals surface area contributed by atoms with Gasteiger partial charge in [0.2, 0.25) is 5.79 Å². The average Bonchev–Trinajstić information content (AvgIpc) is 3.22. The van der Waals surface area contributed by atoms with E-state index in [0.29, 0.717) is 5.92 Å². The molecule has 4 heteroatoms. The topological polar surface area (TPSA) is 46.2 Å². The van der Waals surface area contributed by atoms with E-state index in [9.17, 15) is 5.11 Å². The molecule has 0 saturated carbocycles. The Morgan fingerprint density at radius 3 is 2.42 bits per heavy atom. The Morgan fingerprint density at radius 2 is 1.68 bits per heavy atom. The predicted octanol–water partition coefficient (Wildman–Crippen LogP) is 7.46. The van der Waals surface area contributed by atoms with Crippen molar-refractivity contribution in [2.45, 2.75) is 69.6 Å². The molecule has 2 aliphatic carbocycles. The number of hydrogen-bond donors (Lipinski definition) is 1. The smallest absolute Gasteiger partial charge is 0.288 e. The molecule has 8 rings (SSSR count). The monoisotopic (exact) mass is 527 g/mol. The van der Waals surface area contributed by atoms with Crippen molar-refractivity contribution in [2.75, 3.05) is 7.11 Å². The van der Waals surface area contributed by atoms with Crippen LogP contribution >= 0.6 is 0 Å². The summed E-state index contributed by atoms with van der Waals surface area (Å²) in [5.41, 5.74) is 8.30. The Balaban J connectivity index is 1.61. The molecule has 2 heterocycles. The van der Waals surface area contributed by atoms with Crippen LogP contribution in [-0.4, -0.2) is 17.2 Å². The molecule has 40 heavy (non-hydrogen) atoms. The highest BCUT2D eigenvalue weighted by Gasteiger charge is 2.63. The molecule has 0 amide bonds. The van der Waals surface area contributed by atoms with E-state index < -0.39 is 11.3 Å². The zero-order valence-electron chi connectivity index (χ0n) is 23.9. The predicted molar refractivity (Wildman–Crippen MR) is 159 cm³/mol. The minimum atomic E-state index is -1.48. The van der Waals surface area contributed by atoms with Crippen LogP contribution in [0.2, 0.25) is 0 Å². The number of aliphatic hydroxyl groups is 1. The van der Waals surface area contributed by atoms with Crippen LogP contribution in [0.25, 0.3) is 44.1 Å². The standard InChI is InChI=1S/C36H35N2O2/c1-6-35-18-17-21(2)26-19-28(36(35,39)40-5)30(25-14-10-9-13-24(25)26)33-31-32(37-20-38(33)35)29-23-12-8-7-11-22(23)15-16-27(29)34(31,3)4/h7-16,19-21,39H,6,17-18H2,1-5H3/q+1. The second kappa shape index (κ2) is 7.78. The number of hydrogen-bond acceptors (Lipinski definition) is 3. The average molecular weight is 528 g/mol. The molecule has 1 aromatic heterocycles. The molecule has 4 aromatic carbocycles. The summed E-state index contributed by atoms with van der Waals surface area (Å²) < 4.78 is 8.55. The van der Waals surface area contributed by atoms with Gasteiger partial charge in [0.15, 0.2) is 11.2 Å². The lowest BCUT2D eigenvalue weighted by Crippen LogP contribution is -2.71. The second-order valence-corrected chi connectivity index (χ2v) is 12.6. The number of aromatic nitrogens is 2. The van der Waals surface area contributed by atoms with Crippen molar-refractivity contribution in [3.8, 4) is 22.5 Å². The van der Waals surface area contributed by atoms with Crippen molar-refractivity contribution in [1.29, 1.82) is 0 Å². The lowest BCUT2D eigenvalue weighted by atomic mass is 9.66. The summed E-state index contributed by atoms with van der Waals surface area (Å²) in [6, 6.07) is 24.2. The van der Waals surface area contributed by atoms with Crippen LogP contribution in [0.3, 0.4) is 0 Å². The maximum absolute atomic E-state index is 12.7. The van der Waals surface area contributed by atoms with Gasteiger partial charge in [0.25, 0.3) is 6.33 Å². The normalized spacial score (nSPS) is 25.4. The number of benzene rings is 4. The van der Waals surface area contributed by atoms with Gasteiger partial charge in [0.05, 0.1) is 5.56 Å². The van der Waals surface area contributed by atoms with Gasteiger partial charge >= 0.3 is 0 Å². The van der Waals surface area contributed by atoms with Gasteiger partial charge in [0, 0.05) is 29.2 Å². The number of ether oxygens (including phenoxy) is 1. The highest BCUT2D eigenvalue weighted by atomic mass is 16.6. The zero-order chi connectivity index (χ0) is 27.6. The van der Waals surface area contributed by atoms with Crippen LogP contribution in [0.4, 0.5) is 0 Å². The fourth-order valence-corrected chi connectivity index (χ4v) is 8.54. The third kappa shape index (κ3) is 2.60. The summed E-state index contributed by atoms with van der Waals surface area (Å²) in [6.07, 6.45) is 4.46. The van der Waals surface area contributed by atoms with Gasteiger partial charge in [-0.2, -0.15) is 0 Å². The Labute approximate surface area is 235 Å². The van der Waals surface area contributed by atoms with E-state index in [0.717, 1.165) is 36.1 Å². The zero-order valence-corrected chi connectivity index (χ0v) is 23.9. The molecule has 4 nitrogen and oxygen atoms in total. The molecule has 1 aliphatic heterocycles. The Morgan fingerprint density at radius 1 is 0.950 bits per heavy atom. The van der Waals surface area contributed by atoms with Crippen molar-refractivity contribution in [2.24, 2.45) is 0 Å². The van der Waals surface area contributed by atoms with Gasteiger partial charge in [-0.25, -0.2) is 4.57 Å². The highest BCUT2D eigenvalue weighted by Crippen LogP contribution is 2.59. The molecule has 200 valence electrons. The van der Waals surface area contributed by atoms with Crippen molar-refractivity contribution in [1.82, 2.24) is 4.98 Å². The fraction of sp³-hybridized carbons (Fsp3) is 0.333. The van der Waals surface area contributed by atoms with Gasteiger partial charge in [-0.1, -0.05) is 88.4 Å². The molecular formula is C36H35N2O2+. The number of rotatable bonds is 2. The van der Waals surface area contributed by atoms with E-state index in [-0.39, 0.29) is 5.41 Å². The van der Waals surface area contributed by atoms with Crippen LogP contribution in [-0.2, 0) is 21.5 Å². The summed E-state index contributed by atoms with van der Waals surface area (Å²) in [6.45, 7) is 9.18. The van der Waals surface area contributed by atoms with Crippen LogP contribution in [0.1, 0.15) is 75.1 Å². The van der Waals surface area contributed by atoms with Gasteiger partial charge in [-0.3, -0.25) is 0 Å². The Hall–Kier alpha value is -3.60. The number of fused-ring (bicyclic) bond motifs is 14. The van der Waals surface area contributed by atoms with Crippen molar-refractivity contribution < 1.29 is 14.4 Å². The summed E-state index contributed by atoms with van der Waals surface area (Å²) in [4.78, 5) is 5.27. The van der Waals surface area contributed by atoms with Gasteiger partial charge in [0.1, 0.15) is 5.69 Å². The Bertz CT molecular complexity index is 1910. The summed E-state index contributed by atoms with van der Waals surface area (Å²) >= 11 is 0. The minimum absolute atomic E-state index is 0.281. The van der Waals surface area contributed by atoms with E-state index in [4.69, 9.17) is 9.72 Å². The molecule has 0 saturated heterocycles. The van der Waals surface area contributed by atoms with E-state index >= 15 is 0 Å².